The number of esters is 1. The number of ether oxygens (including phenoxy) is 1. The summed E-state index contributed by atoms with van der Waals surface area (Å²) in [6.07, 6.45) is 2.61. The van der Waals surface area contributed by atoms with Crippen molar-refractivity contribution in [1.82, 2.24) is 4.57 Å². The summed E-state index contributed by atoms with van der Waals surface area (Å²) in [6, 6.07) is 38.4. The van der Waals surface area contributed by atoms with E-state index in [9.17, 15) is 4.79 Å². The highest BCUT2D eigenvalue weighted by molar-refractivity contribution is 6.07. The first-order chi connectivity index (χ1) is 18.2. The molecular weight excluding hydrogens is 454 g/mol. The lowest BCUT2D eigenvalue weighted by Crippen LogP contribution is -2.05. The SMILES string of the molecule is COC(=O)C1=C(c2c(-c3ccccc3)n(Cc3ccc(-c4ccccc4)cc3)c3ccccc23)CCC1. The molecule has 0 spiro atoms. The molecule has 5 aromatic rings. The third-order valence-corrected chi connectivity index (χ3v) is 7.37. The van der Waals surface area contributed by atoms with Crippen LogP contribution in [0.5, 0.6) is 0 Å². The molecule has 3 nitrogen and oxygen atoms in total. The zero-order chi connectivity index (χ0) is 25.2. The molecule has 0 bridgehead atoms. The lowest BCUT2D eigenvalue weighted by atomic mass is 9.95. The number of aromatic nitrogens is 1. The molecule has 0 unspecified atom stereocenters. The van der Waals surface area contributed by atoms with E-state index in [-0.39, 0.29) is 5.97 Å². The van der Waals surface area contributed by atoms with E-state index in [4.69, 9.17) is 4.74 Å². The van der Waals surface area contributed by atoms with Gasteiger partial charge < -0.3 is 9.30 Å². The second-order valence-electron chi connectivity index (χ2n) is 9.56. The number of hydrogen-bond donors (Lipinski definition) is 0. The number of para-hydroxylation sites is 1. The smallest absolute Gasteiger partial charge is 0.334 e. The summed E-state index contributed by atoms with van der Waals surface area (Å²) >= 11 is 0. The number of methoxy groups -OCH3 is 1. The normalized spacial score (nSPS) is 13.3. The van der Waals surface area contributed by atoms with Crippen molar-refractivity contribution in [3.63, 3.8) is 0 Å². The zero-order valence-electron chi connectivity index (χ0n) is 21.0. The monoisotopic (exact) mass is 483 g/mol. The number of hydrogen-bond acceptors (Lipinski definition) is 2. The number of nitrogens with zero attached hydrogens (tertiary/aromatic N) is 1. The van der Waals surface area contributed by atoms with Crippen LogP contribution in [0.2, 0.25) is 0 Å². The van der Waals surface area contributed by atoms with Crippen molar-refractivity contribution in [1.29, 1.82) is 0 Å². The van der Waals surface area contributed by atoms with Crippen LogP contribution < -0.4 is 0 Å². The number of benzene rings is 4. The number of allylic oxidation sites excluding steroid dienone is 1. The highest BCUT2D eigenvalue weighted by Gasteiger charge is 2.28. The van der Waals surface area contributed by atoms with Gasteiger partial charge in [-0.15, -0.1) is 0 Å². The predicted octanol–water partition coefficient (Wildman–Crippen LogP) is 8.13. The number of carbonyl (C=O) groups is 1. The van der Waals surface area contributed by atoms with Gasteiger partial charge in [-0.3, -0.25) is 0 Å². The van der Waals surface area contributed by atoms with Crippen LogP contribution in [0.4, 0.5) is 0 Å². The van der Waals surface area contributed by atoms with Gasteiger partial charge in [-0.25, -0.2) is 4.79 Å². The van der Waals surface area contributed by atoms with Gasteiger partial charge in [0.25, 0.3) is 0 Å². The summed E-state index contributed by atoms with van der Waals surface area (Å²) in [6.45, 7) is 0.737. The zero-order valence-corrected chi connectivity index (χ0v) is 21.0. The van der Waals surface area contributed by atoms with Crippen LogP contribution in [0.15, 0.2) is 115 Å². The van der Waals surface area contributed by atoms with Crippen LogP contribution in [0.1, 0.15) is 30.4 Å². The molecule has 0 saturated heterocycles. The molecule has 0 aliphatic heterocycles. The second kappa shape index (κ2) is 9.94. The molecule has 0 fully saturated rings. The fourth-order valence-corrected chi connectivity index (χ4v) is 5.65. The number of carbonyl (C=O) groups excluding carboxylic acids is 1. The molecule has 0 atom stereocenters. The average Bonchev–Trinajstić information content (AvgIpc) is 3.57. The largest absolute Gasteiger partial charge is 0.466 e. The van der Waals surface area contributed by atoms with Crippen molar-refractivity contribution >= 4 is 22.4 Å². The molecule has 6 rings (SSSR count). The van der Waals surface area contributed by atoms with Crippen molar-refractivity contribution < 1.29 is 9.53 Å². The van der Waals surface area contributed by atoms with Gasteiger partial charge in [0.2, 0.25) is 0 Å². The van der Waals surface area contributed by atoms with E-state index in [2.05, 4.69) is 102 Å². The average molecular weight is 484 g/mol. The third kappa shape index (κ3) is 4.27. The Morgan fingerprint density at radius 3 is 2.05 bits per heavy atom. The van der Waals surface area contributed by atoms with Crippen LogP contribution in [-0.4, -0.2) is 17.6 Å². The standard InChI is InChI=1S/C34H29NO2/c1-37-34(36)29-17-10-16-28(29)32-30-15-8-9-18-31(30)35(33(32)27-13-6-3-7-14-27)23-24-19-21-26(22-20-24)25-11-4-2-5-12-25/h2-9,11-15,18-22H,10,16-17,23H2,1H3. The number of fused-ring (bicyclic) bond motifs is 1. The second-order valence-corrected chi connectivity index (χ2v) is 9.56. The van der Waals surface area contributed by atoms with E-state index >= 15 is 0 Å². The molecule has 0 radical (unpaired) electrons. The molecule has 37 heavy (non-hydrogen) atoms. The highest BCUT2D eigenvalue weighted by atomic mass is 16.5. The van der Waals surface area contributed by atoms with Gasteiger partial charge in [0.05, 0.1) is 12.8 Å². The number of rotatable bonds is 6. The Balaban J connectivity index is 1.54. The summed E-state index contributed by atoms with van der Waals surface area (Å²) in [7, 11) is 1.48. The van der Waals surface area contributed by atoms with Gasteiger partial charge in [0.1, 0.15) is 0 Å². The van der Waals surface area contributed by atoms with Gasteiger partial charge in [-0.2, -0.15) is 0 Å². The predicted molar refractivity (Wildman–Crippen MR) is 151 cm³/mol. The van der Waals surface area contributed by atoms with Crippen LogP contribution in [0, 0.1) is 0 Å². The first-order valence-electron chi connectivity index (χ1n) is 12.9. The van der Waals surface area contributed by atoms with Gasteiger partial charge in [0, 0.05) is 28.6 Å². The van der Waals surface area contributed by atoms with Crippen LogP contribution in [0.3, 0.4) is 0 Å². The lowest BCUT2D eigenvalue weighted by Gasteiger charge is -2.15. The Hall–Kier alpha value is -4.37. The minimum Gasteiger partial charge on any atom is -0.466 e. The lowest BCUT2D eigenvalue weighted by molar-refractivity contribution is -0.136. The molecule has 0 saturated carbocycles. The Bertz CT molecular complexity index is 1590. The van der Waals surface area contributed by atoms with Crippen LogP contribution >= 0.6 is 0 Å². The molecule has 182 valence electrons. The minimum absolute atomic E-state index is 0.208. The van der Waals surface area contributed by atoms with Crippen molar-refractivity contribution in [3.8, 4) is 22.4 Å². The molecule has 4 aromatic carbocycles. The molecule has 1 aliphatic rings. The van der Waals surface area contributed by atoms with E-state index in [0.29, 0.717) is 0 Å². The van der Waals surface area contributed by atoms with E-state index in [0.717, 1.165) is 48.2 Å². The van der Waals surface area contributed by atoms with Crippen molar-refractivity contribution in [2.45, 2.75) is 25.8 Å². The molecular formula is C34H29NO2. The summed E-state index contributed by atoms with van der Waals surface area (Å²) in [5.74, 6) is -0.208. The fraction of sp³-hybridized carbons (Fsp3) is 0.147. The Kier molecular flexibility index (Phi) is 6.20. The van der Waals surface area contributed by atoms with Gasteiger partial charge in [0.15, 0.2) is 0 Å². The Morgan fingerprint density at radius 1 is 0.730 bits per heavy atom. The first-order valence-corrected chi connectivity index (χ1v) is 12.9. The summed E-state index contributed by atoms with van der Waals surface area (Å²) in [4.78, 5) is 12.7. The van der Waals surface area contributed by atoms with Crippen molar-refractivity contribution in [2.75, 3.05) is 7.11 Å². The van der Waals surface area contributed by atoms with E-state index < -0.39 is 0 Å². The molecule has 1 aromatic heterocycles. The van der Waals surface area contributed by atoms with Gasteiger partial charge in [-0.1, -0.05) is 103 Å². The fourth-order valence-electron chi connectivity index (χ4n) is 5.65. The van der Waals surface area contributed by atoms with E-state index in [1.54, 1.807) is 0 Å². The van der Waals surface area contributed by atoms with Gasteiger partial charge in [-0.05, 0) is 53.2 Å². The van der Waals surface area contributed by atoms with Crippen LogP contribution in [0.25, 0.3) is 38.9 Å². The first kappa shape index (κ1) is 23.1. The van der Waals surface area contributed by atoms with E-state index in [1.165, 1.54) is 40.3 Å². The maximum absolute atomic E-state index is 12.7. The molecule has 0 amide bonds. The molecule has 1 heterocycles. The molecule has 1 aliphatic carbocycles. The summed E-state index contributed by atoms with van der Waals surface area (Å²) < 4.78 is 7.60. The van der Waals surface area contributed by atoms with E-state index in [1.807, 2.05) is 12.1 Å². The molecule has 0 N–H and O–H groups in total. The quantitative estimate of drug-likeness (QED) is 0.228. The molecule has 3 heteroatoms. The maximum atomic E-state index is 12.7. The topological polar surface area (TPSA) is 31.2 Å². The third-order valence-electron chi connectivity index (χ3n) is 7.37. The van der Waals surface area contributed by atoms with Crippen molar-refractivity contribution in [2.24, 2.45) is 0 Å². The Morgan fingerprint density at radius 2 is 1.35 bits per heavy atom. The van der Waals surface area contributed by atoms with Gasteiger partial charge >= 0.3 is 5.97 Å². The summed E-state index contributed by atoms with van der Waals surface area (Å²) in [5, 5.41) is 1.18. The minimum atomic E-state index is -0.208. The summed E-state index contributed by atoms with van der Waals surface area (Å²) in [5.41, 5.74) is 10.3. The Labute approximate surface area is 217 Å². The highest BCUT2D eigenvalue weighted by Crippen LogP contribution is 2.44. The van der Waals surface area contributed by atoms with Crippen molar-refractivity contribution in [3.05, 3.63) is 126 Å². The van der Waals surface area contributed by atoms with Crippen LogP contribution in [-0.2, 0) is 16.1 Å². The maximum Gasteiger partial charge on any atom is 0.334 e.